The maximum Gasteiger partial charge on any atom is 0.264 e. The zero-order valence-electron chi connectivity index (χ0n) is 11.3. The molecule has 2 saturated heterocycles. The summed E-state index contributed by atoms with van der Waals surface area (Å²) < 4.78 is 5.85. The Morgan fingerprint density at radius 3 is 2.60 bits per heavy atom. The van der Waals surface area contributed by atoms with Gasteiger partial charge in [0.1, 0.15) is 5.75 Å². The van der Waals surface area contributed by atoms with Gasteiger partial charge in [0, 0.05) is 23.9 Å². The Morgan fingerprint density at radius 1 is 1.20 bits per heavy atom. The zero-order chi connectivity index (χ0) is 13.7. The average Bonchev–Trinajstić information content (AvgIpc) is 2.98. The monoisotopic (exact) mass is 291 g/mol. The molecule has 106 valence electrons. The van der Waals surface area contributed by atoms with Crippen molar-refractivity contribution < 1.29 is 9.53 Å². The fourth-order valence-electron chi connectivity index (χ4n) is 3.96. The molecule has 1 amide bonds. The highest BCUT2D eigenvalue weighted by Gasteiger charge is 2.45. The van der Waals surface area contributed by atoms with Crippen LogP contribution < -0.4 is 4.74 Å². The van der Waals surface area contributed by atoms with Crippen molar-refractivity contribution in [3.05, 3.63) is 29.8 Å². The number of ether oxygens (including phenoxy) is 1. The number of hydrogen-bond donors (Lipinski definition) is 0. The summed E-state index contributed by atoms with van der Waals surface area (Å²) >= 11 is 6.28. The highest BCUT2D eigenvalue weighted by molar-refractivity contribution is 6.20. The molecule has 3 unspecified atom stereocenters. The number of piperidine rings is 1. The lowest BCUT2D eigenvalue weighted by Crippen LogP contribution is -2.51. The lowest BCUT2D eigenvalue weighted by molar-refractivity contribution is -0.142. The summed E-state index contributed by atoms with van der Waals surface area (Å²) in [5.41, 5.74) is 1.14. The number of rotatable bonds is 1. The molecule has 0 N–H and O–H groups in total. The van der Waals surface area contributed by atoms with E-state index in [-0.39, 0.29) is 17.4 Å². The minimum Gasteiger partial charge on any atom is -0.480 e. The fourth-order valence-corrected chi connectivity index (χ4v) is 4.37. The summed E-state index contributed by atoms with van der Waals surface area (Å²) in [5.74, 6) is 1.03. The second kappa shape index (κ2) is 4.66. The molecular weight excluding hydrogens is 274 g/mol. The second-order valence-corrected chi connectivity index (χ2v) is 6.73. The van der Waals surface area contributed by atoms with Crippen molar-refractivity contribution >= 4 is 17.5 Å². The van der Waals surface area contributed by atoms with Crippen LogP contribution in [0.2, 0.25) is 0 Å². The summed E-state index contributed by atoms with van der Waals surface area (Å²) in [6.07, 6.45) is 4.43. The van der Waals surface area contributed by atoms with Gasteiger partial charge in [-0.3, -0.25) is 4.79 Å². The molecule has 0 saturated carbocycles. The Bertz CT molecular complexity index is 508. The number of fused-ring (bicyclic) bond motifs is 3. The molecule has 0 radical (unpaired) electrons. The van der Waals surface area contributed by atoms with Crippen LogP contribution in [-0.4, -0.2) is 34.4 Å². The first-order chi connectivity index (χ1) is 9.72. The number of para-hydroxylation sites is 1. The van der Waals surface area contributed by atoms with E-state index in [1.54, 1.807) is 0 Å². The Kier molecular flexibility index (Phi) is 2.92. The SMILES string of the molecule is O=C(C1Cc2ccccc2O1)N1C2CCC1CC(Cl)C2. The van der Waals surface area contributed by atoms with E-state index in [1.165, 1.54) is 0 Å². The van der Waals surface area contributed by atoms with Crippen LogP contribution in [0.1, 0.15) is 31.2 Å². The minimum atomic E-state index is -0.331. The van der Waals surface area contributed by atoms with Gasteiger partial charge in [0.15, 0.2) is 6.10 Å². The first kappa shape index (κ1) is 12.5. The van der Waals surface area contributed by atoms with E-state index in [4.69, 9.17) is 16.3 Å². The molecule has 2 bridgehead atoms. The van der Waals surface area contributed by atoms with Crippen LogP contribution in [0, 0.1) is 0 Å². The van der Waals surface area contributed by atoms with E-state index in [9.17, 15) is 4.79 Å². The predicted octanol–water partition coefficient (Wildman–Crippen LogP) is 2.75. The van der Waals surface area contributed by atoms with Crippen LogP contribution in [0.4, 0.5) is 0 Å². The van der Waals surface area contributed by atoms with Crippen LogP contribution in [0.15, 0.2) is 24.3 Å². The fraction of sp³-hybridized carbons (Fsp3) is 0.562. The molecule has 1 aromatic rings. The number of nitrogens with zero attached hydrogens (tertiary/aromatic N) is 1. The molecule has 3 atom stereocenters. The second-order valence-electron chi connectivity index (χ2n) is 6.12. The summed E-state index contributed by atoms with van der Waals surface area (Å²) in [6, 6.07) is 8.60. The van der Waals surface area contributed by atoms with Gasteiger partial charge in [-0.2, -0.15) is 0 Å². The number of halogens is 1. The third kappa shape index (κ3) is 1.91. The van der Waals surface area contributed by atoms with Crippen LogP contribution in [0.5, 0.6) is 5.75 Å². The summed E-state index contributed by atoms with van der Waals surface area (Å²) in [4.78, 5) is 14.9. The van der Waals surface area contributed by atoms with Gasteiger partial charge in [0.2, 0.25) is 0 Å². The molecule has 3 nitrogen and oxygen atoms in total. The normalized spacial score (nSPS) is 34.8. The van der Waals surface area contributed by atoms with E-state index in [1.807, 2.05) is 24.3 Å². The molecule has 2 fully saturated rings. The Morgan fingerprint density at radius 2 is 1.90 bits per heavy atom. The van der Waals surface area contributed by atoms with Crippen LogP contribution >= 0.6 is 11.6 Å². The Hall–Kier alpha value is -1.22. The molecule has 3 aliphatic rings. The first-order valence-electron chi connectivity index (χ1n) is 7.43. The summed E-state index contributed by atoms with van der Waals surface area (Å²) in [6.45, 7) is 0. The standard InChI is InChI=1S/C16H18ClNO2/c17-11-8-12-5-6-13(9-11)18(12)16(19)15-7-10-3-1-2-4-14(10)20-15/h1-4,11-13,15H,5-9H2. The van der Waals surface area contributed by atoms with Gasteiger partial charge in [-0.15, -0.1) is 11.6 Å². The van der Waals surface area contributed by atoms with Crippen LogP contribution in [-0.2, 0) is 11.2 Å². The predicted molar refractivity (Wildman–Crippen MR) is 77.1 cm³/mol. The van der Waals surface area contributed by atoms with Gasteiger partial charge < -0.3 is 9.64 Å². The zero-order valence-corrected chi connectivity index (χ0v) is 12.1. The van der Waals surface area contributed by atoms with Crippen molar-refractivity contribution in [1.82, 2.24) is 4.90 Å². The molecule has 20 heavy (non-hydrogen) atoms. The molecule has 4 heteroatoms. The number of carbonyl (C=O) groups is 1. The molecule has 0 aromatic heterocycles. The molecular formula is C16H18ClNO2. The van der Waals surface area contributed by atoms with Gasteiger partial charge in [0.05, 0.1) is 0 Å². The van der Waals surface area contributed by atoms with Gasteiger partial charge in [-0.1, -0.05) is 18.2 Å². The molecule has 3 heterocycles. The number of carbonyl (C=O) groups excluding carboxylic acids is 1. The van der Waals surface area contributed by atoms with Crippen LogP contribution in [0.25, 0.3) is 0 Å². The van der Waals surface area contributed by atoms with Gasteiger partial charge in [-0.05, 0) is 37.3 Å². The highest BCUT2D eigenvalue weighted by atomic mass is 35.5. The molecule has 0 aliphatic carbocycles. The lowest BCUT2D eigenvalue weighted by Gasteiger charge is -2.38. The Balaban J connectivity index is 1.52. The lowest BCUT2D eigenvalue weighted by atomic mass is 10.0. The molecule has 1 aromatic carbocycles. The molecule has 4 rings (SSSR count). The van der Waals surface area contributed by atoms with Crippen molar-refractivity contribution in [3.8, 4) is 5.75 Å². The number of benzene rings is 1. The largest absolute Gasteiger partial charge is 0.480 e. The van der Waals surface area contributed by atoms with E-state index in [0.29, 0.717) is 18.5 Å². The van der Waals surface area contributed by atoms with E-state index < -0.39 is 0 Å². The van der Waals surface area contributed by atoms with E-state index in [2.05, 4.69) is 4.90 Å². The number of amides is 1. The number of hydrogen-bond acceptors (Lipinski definition) is 2. The number of alkyl halides is 1. The average molecular weight is 292 g/mol. The smallest absolute Gasteiger partial charge is 0.264 e. The summed E-state index contributed by atoms with van der Waals surface area (Å²) in [5, 5.41) is 0.234. The maximum absolute atomic E-state index is 12.8. The third-order valence-electron chi connectivity index (χ3n) is 4.85. The topological polar surface area (TPSA) is 29.5 Å². The van der Waals surface area contributed by atoms with Crippen molar-refractivity contribution in [2.24, 2.45) is 0 Å². The molecule has 3 aliphatic heterocycles. The highest BCUT2D eigenvalue weighted by Crippen LogP contribution is 2.39. The maximum atomic E-state index is 12.8. The first-order valence-corrected chi connectivity index (χ1v) is 7.87. The minimum absolute atomic E-state index is 0.164. The van der Waals surface area contributed by atoms with Crippen molar-refractivity contribution in [1.29, 1.82) is 0 Å². The van der Waals surface area contributed by atoms with Gasteiger partial charge in [0.25, 0.3) is 5.91 Å². The third-order valence-corrected chi connectivity index (χ3v) is 5.21. The molecule has 0 spiro atoms. The van der Waals surface area contributed by atoms with Gasteiger partial charge in [-0.25, -0.2) is 0 Å². The van der Waals surface area contributed by atoms with Crippen molar-refractivity contribution in [2.75, 3.05) is 0 Å². The van der Waals surface area contributed by atoms with Crippen molar-refractivity contribution in [3.63, 3.8) is 0 Å². The van der Waals surface area contributed by atoms with Crippen LogP contribution in [0.3, 0.4) is 0 Å². The van der Waals surface area contributed by atoms with Crippen molar-refractivity contribution in [2.45, 2.75) is 55.7 Å². The van der Waals surface area contributed by atoms with E-state index in [0.717, 1.165) is 37.0 Å². The van der Waals surface area contributed by atoms with Gasteiger partial charge >= 0.3 is 0 Å². The summed E-state index contributed by atoms with van der Waals surface area (Å²) in [7, 11) is 0. The Labute approximate surface area is 123 Å². The quantitative estimate of drug-likeness (QED) is 0.745. The van der Waals surface area contributed by atoms with E-state index >= 15 is 0 Å².